The first-order valence-corrected chi connectivity index (χ1v) is 9.70. The summed E-state index contributed by atoms with van der Waals surface area (Å²) in [7, 11) is 0. The number of hydrogen-bond donors (Lipinski definition) is 0. The predicted molar refractivity (Wildman–Crippen MR) is 104 cm³/mol. The fourth-order valence-corrected chi connectivity index (χ4v) is 3.94. The van der Waals surface area contributed by atoms with Crippen molar-refractivity contribution in [3.63, 3.8) is 0 Å². The molecule has 2 aromatic carbocycles. The second kappa shape index (κ2) is 6.24. The highest BCUT2D eigenvalue weighted by Crippen LogP contribution is 2.44. The number of carbonyl (C=O) groups excluding carboxylic acids is 1. The maximum Gasteiger partial charge on any atom is 0.231 e. The topological polar surface area (TPSA) is 38.8 Å². The number of aryl methyl sites for hydroxylation is 1. The lowest BCUT2D eigenvalue weighted by Gasteiger charge is -2.30. The van der Waals surface area contributed by atoms with Gasteiger partial charge in [-0.3, -0.25) is 9.69 Å². The second-order valence-electron chi connectivity index (χ2n) is 7.65. The van der Waals surface area contributed by atoms with Crippen molar-refractivity contribution in [2.45, 2.75) is 45.7 Å². The van der Waals surface area contributed by atoms with Crippen molar-refractivity contribution in [3.8, 4) is 11.5 Å². The highest BCUT2D eigenvalue weighted by molar-refractivity contribution is 6.15. The van der Waals surface area contributed by atoms with Crippen molar-refractivity contribution < 1.29 is 14.3 Å². The lowest BCUT2D eigenvalue weighted by molar-refractivity contribution is 0.0872. The molecule has 0 N–H and O–H groups in total. The molecule has 1 fully saturated rings. The van der Waals surface area contributed by atoms with E-state index in [1.165, 1.54) is 18.4 Å². The molecular weight excluding hydrogens is 338 g/mol. The number of rotatable bonds is 3. The lowest BCUT2D eigenvalue weighted by Crippen LogP contribution is -2.34. The van der Waals surface area contributed by atoms with E-state index in [1.54, 1.807) is 0 Å². The average molecular weight is 361 g/mol. The van der Waals surface area contributed by atoms with Gasteiger partial charge in [-0.15, -0.1) is 0 Å². The molecule has 4 heteroatoms. The summed E-state index contributed by atoms with van der Waals surface area (Å²) in [6, 6.07) is 10.8. The van der Waals surface area contributed by atoms with Crippen LogP contribution in [-0.4, -0.2) is 23.5 Å². The molecule has 0 atom stereocenters. The first kappa shape index (κ1) is 16.6. The van der Waals surface area contributed by atoms with E-state index in [0.29, 0.717) is 29.8 Å². The Morgan fingerprint density at radius 3 is 2.67 bits per heavy atom. The van der Waals surface area contributed by atoms with E-state index in [0.717, 1.165) is 35.4 Å². The summed E-state index contributed by atoms with van der Waals surface area (Å²) >= 11 is 0. The zero-order valence-corrected chi connectivity index (χ0v) is 15.7. The molecule has 0 aromatic heterocycles. The van der Waals surface area contributed by atoms with E-state index in [1.807, 2.05) is 31.2 Å². The molecule has 1 aliphatic carbocycles. The summed E-state index contributed by atoms with van der Waals surface area (Å²) in [5.41, 5.74) is 4.93. The fraction of sp³-hybridized carbons (Fsp3) is 0.348. The largest absolute Gasteiger partial charge is 0.477 e. The Hall–Kier alpha value is -2.59. The number of benzene rings is 2. The summed E-state index contributed by atoms with van der Waals surface area (Å²) in [5, 5.41) is 0. The first-order valence-electron chi connectivity index (χ1n) is 9.70. The Bertz CT molecular complexity index is 955. The van der Waals surface area contributed by atoms with Crippen LogP contribution in [0, 0.1) is 6.92 Å². The van der Waals surface area contributed by atoms with Gasteiger partial charge in [0.2, 0.25) is 5.78 Å². The van der Waals surface area contributed by atoms with Crippen LogP contribution in [0.3, 0.4) is 0 Å². The monoisotopic (exact) mass is 361 g/mol. The summed E-state index contributed by atoms with van der Waals surface area (Å²) in [5.74, 6) is 1.87. The number of ether oxygens (including phenoxy) is 2. The molecule has 5 rings (SSSR count). The average Bonchev–Trinajstić information content (AvgIpc) is 3.50. The zero-order valence-electron chi connectivity index (χ0n) is 15.7. The minimum atomic E-state index is -0.0426. The summed E-state index contributed by atoms with van der Waals surface area (Å²) < 4.78 is 12.0. The molecule has 4 nitrogen and oxygen atoms in total. The molecule has 0 amide bonds. The summed E-state index contributed by atoms with van der Waals surface area (Å²) in [6.07, 6.45) is 5.32. The minimum Gasteiger partial charge on any atom is -0.477 e. The molecule has 1 saturated carbocycles. The second-order valence-corrected chi connectivity index (χ2v) is 7.65. The predicted octanol–water partition coefficient (Wildman–Crippen LogP) is 4.49. The number of fused-ring (bicyclic) bond motifs is 2. The molecule has 3 aliphatic rings. The van der Waals surface area contributed by atoms with E-state index in [9.17, 15) is 4.79 Å². The van der Waals surface area contributed by atoms with Crippen LogP contribution in [0.15, 0.2) is 36.1 Å². The van der Waals surface area contributed by atoms with Gasteiger partial charge in [-0.05, 0) is 49.5 Å². The van der Waals surface area contributed by atoms with Gasteiger partial charge in [0.1, 0.15) is 18.2 Å². The van der Waals surface area contributed by atoms with E-state index in [-0.39, 0.29) is 5.78 Å². The summed E-state index contributed by atoms with van der Waals surface area (Å²) in [6.45, 7) is 5.58. The molecule has 0 bridgehead atoms. The van der Waals surface area contributed by atoms with Crippen molar-refractivity contribution >= 4 is 11.9 Å². The summed E-state index contributed by atoms with van der Waals surface area (Å²) in [4.78, 5) is 15.3. The number of allylic oxidation sites excluding steroid dienone is 1. The maximum absolute atomic E-state index is 12.9. The first-order chi connectivity index (χ1) is 13.1. The number of nitrogens with zero attached hydrogens (tertiary/aromatic N) is 1. The number of carbonyl (C=O) groups is 1. The number of ketones is 1. The molecule has 0 spiro atoms. The fourth-order valence-electron chi connectivity index (χ4n) is 3.94. The Morgan fingerprint density at radius 1 is 1.19 bits per heavy atom. The normalized spacial score (nSPS) is 20.2. The van der Waals surface area contributed by atoms with Crippen LogP contribution in [0.4, 0.5) is 0 Å². The van der Waals surface area contributed by atoms with Gasteiger partial charge >= 0.3 is 0 Å². The smallest absolute Gasteiger partial charge is 0.231 e. The van der Waals surface area contributed by atoms with Gasteiger partial charge in [0.05, 0.1) is 5.56 Å². The third-order valence-corrected chi connectivity index (χ3v) is 5.71. The standard InChI is InChI=1S/C23H23NO3/c1-3-15-4-6-16(7-5-15)10-20-21(25)19-11-17-12-24(18-8-9-18)13-26-22(17)14(2)23(19)27-20/h4-7,10-11,18H,3,8-9,12-13H2,1-2H3/b20-10-. The zero-order chi connectivity index (χ0) is 18.5. The van der Waals surface area contributed by atoms with Crippen LogP contribution in [0.25, 0.3) is 6.08 Å². The van der Waals surface area contributed by atoms with Crippen molar-refractivity contribution in [2.24, 2.45) is 0 Å². The van der Waals surface area contributed by atoms with Crippen molar-refractivity contribution in [3.05, 3.63) is 63.9 Å². The molecule has 0 saturated heterocycles. The molecule has 0 radical (unpaired) electrons. The van der Waals surface area contributed by atoms with Crippen LogP contribution in [0.1, 0.15) is 52.4 Å². The van der Waals surface area contributed by atoms with Gasteiger partial charge in [0.15, 0.2) is 5.76 Å². The van der Waals surface area contributed by atoms with E-state index in [2.05, 4.69) is 24.0 Å². The van der Waals surface area contributed by atoms with Gasteiger partial charge in [-0.25, -0.2) is 0 Å². The quantitative estimate of drug-likeness (QED) is 0.755. The van der Waals surface area contributed by atoms with Gasteiger partial charge < -0.3 is 9.47 Å². The molecule has 27 heavy (non-hydrogen) atoms. The Morgan fingerprint density at radius 2 is 1.96 bits per heavy atom. The molecule has 2 aliphatic heterocycles. The van der Waals surface area contributed by atoms with Crippen LogP contribution in [0.5, 0.6) is 11.5 Å². The third-order valence-electron chi connectivity index (χ3n) is 5.71. The van der Waals surface area contributed by atoms with Gasteiger partial charge in [0.25, 0.3) is 0 Å². The Balaban J connectivity index is 1.48. The van der Waals surface area contributed by atoms with Crippen molar-refractivity contribution in [1.29, 1.82) is 0 Å². The van der Waals surface area contributed by atoms with Crippen LogP contribution in [-0.2, 0) is 13.0 Å². The third kappa shape index (κ3) is 2.85. The van der Waals surface area contributed by atoms with Gasteiger partial charge in [-0.2, -0.15) is 0 Å². The highest BCUT2D eigenvalue weighted by atomic mass is 16.5. The van der Waals surface area contributed by atoms with Gasteiger partial charge in [0, 0.05) is 23.7 Å². The SMILES string of the molecule is CCc1ccc(/C=C2\Oc3c(cc4c(c3C)OCN(C3CC3)C4)C2=O)cc1. The maximum atomic E-state index is 12.9. The lowest BCUT2D eigenvalue weighted by atomic mass is 10.00. The molecular formula is C23H23NO3. The van der Waals surface area contributed by atoms with Gasteiger partial charge in [-0.1, -0.05) is 31.2 Å². The van der Waals surface area contributed by atoms with Crippen molar-refractivity contribution in [2.75, 3.05) is 6.73 Å². The highest BCUT2D eigenvalue weighted by Gasteiger charge is 2.36. The Kier molecular flexibility index (Phi) is 3.83. The Labute approximate surface area is 159 Å². The molecule has 2 aromatic rings. The van der Waals surface area contributed by atoms with E-state index in [4.69, 9.17) is 9.47 Å². The minimum absolute atomic E-state index is 0.0426. The van der Waals surface area contributed by atoms with Crippen LogP contribution in [0.2, 0.25) is 0 Å². The van der Waals surface area contributed by atoms with E-state index < -0.39 is 0 Å². The molecule has 138 valence electrons. The van der Waals surface area contributed by atoms with E-state index >= 15 is 0 Å². The molecule has 2 heterocycles. The van der Waals surface area contributed by atoms with Crippen LogP contribution < -0.4 is 9.47 Å². The number of Topliss-reactive ketones (excluding diaryl/α,β-unsaturated/α-hetero) is 1. The van der Waals surface area contributed by atoms with Crippen molar-refractivity contribution in [1.82, 2.24) is 4.90 Å². The van der Waals surface area contributed by atoms with Crippen LogP contribution >= 0.6 is 0 Å². The number of hydrogen-bond acceptors (Lipinski definition) is 4. The molecule has 0 unspecified atom stereocenters.